The quantitative estimate of drug-likeness (QED) is 0.715. The van der Waals surface area contributed by atoms with Crippen LogP contribution in [0.2, 0.25) is 0 Å². The Morgan fingerprint density at radius 2 is 2.25 bits per heavy atom. The SMILES string of the molecule is COC(=O)[C@H]1CCCN(CC(C)C(=O)O)C1. The summed E-state index contributed by atoms with van der Waals surface area (Å²) in [5.74, 6) is -1.47. The standard InChI is InChI=1S/C11H19NO4/c1-8(10(13)14)6-12-5-3-4-9(7-12)11(15)16-2/h8-9H,3-7H2,1-2H3,(H,13,14)/t8?,9-/m0/s1. The topological polar surface area (TPSA) is 66.8 Å². The molecule has 1 rings (SSSR count). The average Bonchev–Trinajstić information content (AvgIpc) is 2.28. The molecule has 1 saturated heterocycles. The largest absolute Gasteiger partial charge is 0.481 e. The van der Waals surface area contributed by atoms with Gasteiger partial charge in [-0.1, -0.05) is 6.92 Å². The zero-order valence-electron chi connectivity index (χ0n) is 9.81. The summed E-state index contributed by atoms with van der Waals surface area (Å²) in [4.78, 5) is 24.1. The summed E-state index contributed by atoms with van der Waals surface area (Å²) in [6.45, 7) is 3.67. The number of esters is 1. The fourth-order valence-electron chi connectivity index (χ4n) is 2.05. The van der Waals surface area contributed by atoms with Gasteiger partial charge >= 0.3 is 11.9 Å². The summed E-state index contributed by atoms with van der Waals surface area (Å²) in [7, 11) is 1.39. The summed E-state index contributed by atoms with van der Waals surface area (Å²) in [5.41, 5.74) is 0. The molecule has 5 nitrogen and oxygen atoms in total. The third-order valence-corrected chi connectivity index (χ3v) is 2.99. The maximum absolute atomic E-state index is 11.4. The lowest BCUT2D eigenvalue weighted by Crippen LogP contribution is -2.42. The predicted molar refractivity (Wildman–Crippen MR) is 58.0 cm³/mol. The summed E-state index contributed by atoms with van der Waals surface area (Å²) in [5, 5.41) is 8.82. The van der Waals surface area contributed by atoms with Gasteiger partial charge in [0.25, 0.3) is 0 Å². The number of methoxy groups -OCH3 is 1. The zero-order chi connectivity index (χ0) is 12.1. The second kappa shape index (κ2) is 5.84. The normalized spacial score (nSPS) is 23.8. The molecule has 1 aliphatic heterocycles. The lowest BCUT2D eigenvalue weighted by molar-refractivity contribution is -0.147. The number of carboxylic acids is 1. The van der Waals surface area contributed by atoms with Gasteiger partial charge < -0.3 is 14.7 Å². The number of carbonyl (C=O) groups excluding carboxylic acids is 1. The van der Waals surface area contributed by atoms with Crippen LogP contribution in [0.5, 0.6) is 0 Å². The second-order valence-corrected chi connectivity index (χ2v) is 4.36. The van der Waals surface area contributed by atoms with Crippen molar-refractivity contribution in [3.63, 3.8) is 0 Å². The highest BCUT2D eigenvalue weighted by Gasteiger charge is 2.27. The molecule has 0 spiro atoms. The molecule has 0 aliphatic carbocycles. The van der Waals surface area contributed by atoms with E-state index in [0.717, 1.165) is 19.4 Å². The van der Waals surface area contributed by atoms with E-state index in [-0.39, 0.29) is 11.9 Å². The summed E-state index contributed by atoms with van der Waals surface area (Å²) in [6.07, 6.45) is 1.76. The van der Waals surface area contributed by atoms with Gasteiger partial charge in [-0.15, -0.1) is 0 Å². The molecule has 0 radical (unpaired) electrons. The Morgan fingerprint density at radius 3 is 2.81 bits per heavy atom. The number of likely N-dealkylation sites (tertiary alicyclic amines) is 1. The highest BCUT2D eigenvalue weighted by atomic mass is 16.5. The van der Waals surface area contributed by atoms with E-state index in [1.165, 1.54) is 7.11 Å². The minimum Gasteiger partial charge on any atom is -0.481 e. The van der Waals surface area contributed by atoms with Gasteiger partial charge in [0.1, 0.15) is 0 Å². The highest BCUT2D eigenvalue weighted by molar-refractivity contribution is 5.72. The Kier molecular flexibility index (Phi) is 4.73. The molecule has 1 aliphatic rings. The Bertz CT molecular complexity index is 267. The van der Waals surface area contributed by atoms with Crippen LogP contribution in [0.1, 0.15) is 19.8 Å². The van der Waals surface area contributed by atoms with Crippen LogP contribution in [0.3, 0.4) is 0 Å². The van der Waals surface area contributed by atoms with E-state index in [4.69, 9.17) is 9.84 Å². The predicted octanol–water partition coefficient (Wildman–Crippen LogP) is 0.592. The number of ether oxygens (including phenoxy) is 1. The molecular weight excluding hydrogens is 210 g/mol. The van der Waals surface area contributed by atoms with Crippen molar-refractivity contribution in [1.29, 1.82) is 0 Å². The molecule has 1 unspecified atom stereocenters. The molecule has 0 saturated carbocycles. The maximum Gasteiger partial charge on any atom is 0.309 e. The lowest BCUT2D eigenvalue weighted by atomic mass is 9.97. The molecule has 16 heavy (non-hydrogen) atoms. The van der Waals surface area contributed by atoms with E-state index >= 15 is 0 Å². The van der Waals surface area contributed by atoms with E-state index < -0.39 is 11.9 Å². The van der Waals surface area contributed by atoms with Gasteiger partial charge in [0.2, 0.25) is 0 Å². The molecule has 0 aromatic heterocycles. The number of nitrogens with zero attached hydrogens (tertiary/aromatic N) is 1. The Labute approximate surface area is 95.4 Å². The molecule has 2 atom stereocenters. The third-order valence-electron chi connectivity index (χ3n) is 2.99. The van der Waals surface area contributed by atoms with Crippen LogP contribution in [0.15, 0.2) is 0 Å². The van der Waals surface area contributed by atoms with Gasteiger partial charge in [-0.2, -0.15) is 0 Å². The van der Waals surface area contributed by atoms with Crippen LogP contribution in [0, 0.1) is 11.8 Å². The van der Waals surface area contributed by atoms with Gasteiger partial charge in [0.15, 0.2) is 0 Å². The van der Waals surface area contributed by atoms with E-state index in [0.29, 0.717) is 13.1 Å². The van der Waals surface area contributed by atoms with Crippen LogP contribution in [0.25, 0.3) is 0 Å². The van der Waals surface area contributed by atoms with Crippen LogP contribution < -0.4 is 0 Å². The number of rotatable bonds is 4. The first kappa shape index (κ1) is 13.0. The van der Waals surface area contributed by atoms with Gasteiger partial charge in [-0.05, 0) is 19.4 Å². The molecule has 0 amide bonds. The van der Waals surface area contributed by atoms with Crippen molar-refractivity contribution in [3.8, 4) is 0 Å². The lowest BCUT2D eigenvalue weighted by Gasteiger charge is -2.32. The van der Waals surface area contributed by atoms with Crippen molar-refractivity contribution in [2.24, 2.45) is 11.8 Å². The smallest absolute Gasteiger partial charge is 0.309 e. The molecule has 0 aromatic rings. The summed E-state index contributed by atoms with van der Waals surface area (Å²) < 4.78 is 4.71. The first-order chi connectivity index (χ1) is 7.54. The van der Waals surface area contributed by atoms with Crippen LogP contribution >= 0.6 is 0 Å². The molecule has 0 bridgehead atoms. The van der Waals surface area contributed by atoms with E-state index in [1.807, 2.05) is 4.90 Å². The fourth-order valence-corrected chi connectivity index (χ4v) is 2.05. The number of carbonyl (C=O) groups is 2. The third kappa shape index (κ3) is 3.48. The molecule has 92 valence electrons. The maximum atomic E-state index is 11.4. The van der Waals surface area contributed by atoms with E-state index in [1.54, 1.807) is 6.92 Å². The molecule has 5 heteroatoms. The highest BCUT2D eigenvalue weighted by Crippen LogP contribution is 2.18. The van der Waals surface area contributed by atoms with Gasteiger partial charge in [-0.25, -0.2) is 0 Å². The Hall–Kier alpha value is -1.10. The number of carboxylic acid groups (broad SMARTS) is 1. The summed E-state index contributed by atoms with van der Waals surface area (Å²) >= 11 is 0. The van der Waals surface area contributed by atoms with Crippen molar-refractivity contribution >= 4 is 11.9 Å². The van der Waals surface area contributed by atoms with E-state index in [2.05, 4.69) is 0 Å². The van der Waals surface area contributed by atoms with Crippen molar-refractivity contribution in [1.82, 2.24) is 4.90 Å². The molecule has 1 N–H and O–H groups in total. The van der Waals surface area contributed by atoms with Gasteiger partial charge in [0, 0.05) is 13.1 Å². The number of hydrogen-bond donors (Lipinski definition) is 1. The minimum atomic E-state index is -0.791. The number of piperidine rings is 1. The molecule has 1 fully saturated rings. The molecule has 1 heterocycles. The van der Waals surface area contributed by atoms with Crippen molar-refractivity contribution in [2.45, 2.75) is 19.8 Å². The monoisotopic (exact) mass is 229 g/mol. The second-order valence-electron chi connectivity index (χ2n) is 4.36. The number of hydrogen-bond acceptors (Lipinski definition) is 4. The molecular formula is C11H19NO4. The first-order valence-electron chi connectivity index (χ1n) is 5.57. The van der Waals surface area contributed by atoms with Crippen LogP contribution in [-0.4, -0.2) is 48.7 Å². The zero-order valence-corrected chi connectivity index (χ0v) is 9.81. The van der Waals surface area contributed by atoms with Gasteiger partial charge in [-0.3, -0.25) is 9.59 Å². The van der Waals surface area contributed by atoms with Crippen LogP contribution in [-0.2, 0) is 14.3 Å². The fraction of sp³-hybridized carbons (Fsp3) is 0.818. The van der Waals surface area contributed by atoms with Crippen LogP contribution in [0.4, 0.5) is 0 Å². The average molecular weight is 229 g/mol. The van der Waals surface area contributed by atoms with E-state index in [9.17, 15) is 9.59 Å². The molecule has 0 aromatic carbocycles. The van der Waals surface area contributed by atoms with Gasteiger partial charge in [0.05, 0.1) is 18.9 Å². The number of aliphatic carboxylic acids is 1. The Morgan fingerprint density at radius 1 is 1.56 bits per heavy atom. The van der Waals surface area contributed by atoms with Crippen molar-refractivity contribution in [3.05, 3.63) is 0 Å². The van der Waals surface area contributed by atoms with Crippen molar-refractivity contribution < 1.29 is 19.4 Å². The first-order valence-corrected chi connectivity index (χ1v) is 5.57. The Balaban J connectivity index is 2.44. The van der Waals surface area contributed by atoms with Crippen molar-refractivity contribution in [2.75, 3.05) is 26.7 Å². The summed E-state index contributed by atoms with van der Waals surface area (Å²) in [6, 6.07) is 0. The minimum absolute atomic E-state index is 0.0975.